The van der Waals surface area contributed by atoms with Crippen LogP contribution in [0.15, 0.2) is 48.8 Å². The van der Waals surface area contributed by atoms with Crippen LogP contribution in [-0.4, -0.2) is 51.2 Å². The largest absolute Gasteiger partial charge is 0.492 e. The van der Waals surface area contributed by atoms with Crippen molar-refractivity contribution >= 4 is 17.5 Å². The number of nitrogens with zero attached hydrogens (tertiary/aromatic N) is 5. The Morgan fingerprint density at radius 2 is 2.00 bits per heavy atom. The molecule has 134 valence electrons. The molecule has 1 amide bonds. The van der Waals surface area contributed by atoms with Crippen LogP contribution in [0.3, 0.4) is 0 Å². The van der Waals surface area contributed by atoms with Crippen molar-refractivity contribution < 1.29 is 9.53 Å². The molecule has 3 rings (SSSR count). The first-order valence-corrected chi connectivity index (χ1v) is 8.40. The number of tetrazole rings is 1. The number of aromatic nitrogens is 4. The maximum atomic E-state index is 12.8. The summed E-state index contributed by atoms with van der Waals surface area (Å²) in [6, 6.07) is 12.8. The number of halogens is 1. The van der Waals surface area contributed by atoms with Crippen LogP contribution in [0.5, 0.6) is 5.75 Å². The maximum absolute atomic E-state index is 12.8. The van der Waals surface area contributed by atoms with Crippen molar-refractivity contribution in [2.24, 2.45) is 0 Å². The number of benzene rings is 2. The predicted octanol–water partition coefficient (Wildman–Crippen LogP) is 2.78. The summed E-state index contributed by atoms with van der Waals surface area (Å²) in [7, 11) is 1.71. The van der Waals surface area contributed by atoms with E-state index in [1.165, 1.54) is 16.6 Å². The second-order valence-corrected chi connectivity index (χ2v) is 6.24. The Labute approximate surface area is 156 Å². The van der Waals surface area contributed by atoms with Gasteiger partial charge in [-0.2, -0.15) is 4.68 Å². The summed E-state index contributed by atoms with van der Waals surface area (Å²) in [6.45, 7) is 2.82. The molecule has 0 saturated heterocycles. The van der Waals surface area contributed by atoms with Crippen molar-refractivity contribution in [2.75, 3.05) is 20.2 Å². The van der Waals surface area contributed by atoms with E-state index in [-0.39, 0.29) is 5.91 Å². The number of ether oxygens (including phenoxy) is 1. The molecule has 8 heteroatoms. The third kappa shape index (κ3) is 4.18. The molecule has 0 fully saturated rings. The number of carbonyl (C=O) groups is 1. The smallest absolute Gasteiger partial charge is 0.255 e. The van der Waals surface area contributed by atoms with E-state index in [1.807, 2.05) is 31.2 Å². The number of amides is 1. The molecule has 0 aliphatic carbocycles. The number of carbonyl (C=O) groups excluding carboxylic acids is 1. The molecule has 3 aromatic rings. The standard InChI is InChI=1S/C18H18ClN5O2/c1-13-3-6-15(7-4-13)26-10-9-23(2)18(25)16-11-14(19)5-8-17(16)24-12-20-21-22-24/h3-8,11-12H,9-10H2,1-2H3. The van der Waals surface area contributed by atoms with Gasteiger partial charge in [-0.1, -0.05) is 29.3 Å². The van der Waals surface area contributed by atoms with Gasteiger partial charge in [-0.25, -0.2) is 0 Å². The Morgan fingerprint density at radius 3 is 2.69 bits per heavy atom. The second-order valence-electron chi connectivity index (χ2n) is 5.80. The van der Waals surface area contributed by atoms with Crippen LogP contribution < -0.4 is 4.74 Å². The Morgan fingerprint density at radius 1 is 1.23 bits per heavy atom. The fourth-order valence-electron chi connectivity index (χ4n) is 2.39. The maximum Gasteiger partial charge on any atom is 0.255 e. The van der Waals surface area contributed by atoms with E-state index in [1.54, 1.807) is 30.1 Å². The number of rotatable bonds is 6. The number of likely N-dealkylation sites (N-methyl/N-ethyl adjacent to an activating group) is 1. The van der Waals surface area contributed by atoms with Gasteiger partial charge in [0.1, 0.15) is 18.7 Å². The van der Waals surface area contributed by atoms with Gasteiger partial charge in [0.05, 0.1) is 17.8 Å². The molecule has 0 aliphatic heterocycles. The summed E-state index contributed by atoms with van der Waals surface area (Å²) in [4.78, 5) is 14.4. The lowest BCUT2D eigenvalue weighted by molar-refractivity contribution is 0.0773. The van der Waals surface area contributed by atoms with Gasteiger partial charge >= 0.3 is 0 Å². The summed E-state index contributed by atoms with van der Waals surface area (Å²) in [5.74, 6) is 0.582. The first-order chi connectivity index (χ1) is 12.5. The Bertz CT molecular complexity index is 881. The van der Waals surface area contributed by atoms with Crippen molar-refractivity contribution in [1.82, 2.24) is 25.1 Å². The zero-order valence-corrected chi connectivity index (χ0v) is 15.2. The molecular formula is C18H18ClN5O2. The fraction of sp³-hybridized carbons (Fsp3) is 0.222. The van der Waals surface area contributed by atoms with Crippen molar-refractivity contribution in [1.29, 1.82) is 0 Å². The van der Waals surface area contributed by atoms with Gasteiger partial charge in [-0.15, -0.1) is 5.10 Å². The van der Waals surface area contributed by atoms with E-state index in [0.717, 1.165) is 5.75 Å². The summed E-state index contributed by atoms with van der Waals surface area (Å²) in [5, 5.41) is 11.5. The molecule has 0 unspecified atom stereocenters. The molecule has 7 nitrogen and oxygen atoms in total. The quantitative estimate of drug-likeness (QED) is 0.666. The normalized spacial score (nSPS) is 10.6. The van der Waals surface area contributed by atoms with Crippen LogP contribution in [0.1, 0.15) is 15.9 Å². The van der Waals surface area contributed by atoms with E-state index in [9.17, 15) is 4.79 Å². The molecule has 0 radical (unpaired) electrons. The van der Waals surface area contributed by atoms with Gasteiger partial charge in [0.15, 0.2) is 0 Å². The molecule has 0 N–H and O–H groups in total. The van der Waals surface area contributed by atoms with Crippen LogP contribution in [0.4, 0.5) is 0 Å². The Kier molecular flexibility index (Phi) is 5.48. The highest BCUT2D eigenvalue weighted by Gasteiger charge is 2.18. The third-order valence-electron chi connectivity index (χ3n) is 3.85. The zero-order chi connectivity index (χ0) is 18.5. The third-order valence-corrected chi connectivity index (χ3v) is 4.08. The number of aryl methyl sites for hydroxylation is 1. The van der Waals surface area contributed by atoms with E-state index in [4.69, 9.17) is 16.3 Å². The minimum atomic E-state index is -0.189. The first kappa shape index (κ1) is 17.9. The minimum absolute atomic E-state index is 0.189. The number of hydrogen-bond donors (Lipinski definition) is 0. The molecule has 0 bridgehead atoms. The van der Waals surface area contributed by atoms with E-state index >= 15 is 0 Å². The summed E-state index contributed by atoms with van der Waals surface area (Å²) >= 11 is 6.07. The SMILES string of the molecule is Cc1ccc(OCCN(C)C(=O)c2cc(Cl)ccc2-n2cnnn2)cc1. The average Bonchev–Trinajstić information content (AvgIpc) is 3.17. The highest BCUT2D eigenvalue weighted by Crippen LogP contribution is 2.20. The molecule has 1 aromatic heterocycles. The first-order valence-electron chi connectivity index (χ1n) is 8.02. The summed E-state index contributed by atoms with van der Waals surface area (Å²) < 4.78 is 7.12. The summed E-state index contributed by atoms with van der Waals surface area (Å²) in [6.07, 6.45) is 1.43. The molecule has 2 aromatic carbocycles. The van der Waals surface area contributed by atoms with Crippen LogP contribution in [0, 0.1) is 6.92 Å². The zero-order valence-electron chi connectivity index (χ0n) is 14.5. The van der Waals surface area contributed by atoms with Crippen molar-refractivity contribution in [2.45, 2.75) is 6.92 Å². The Balaban J connectivity index is 1.68. The van der Waals surface area contributed by atoms with Crippen LogP contribution in [0.25, 0.3) is 5.69 Å². The lowest BCUT2D eigenvalue weighted by Gasteiger charge is -2.19. The second kappa shape index (κ2) is 7.97. The van der Waals surface area contributed by atoms with Gasteiger partial charge in [0, 0.05) is 12.1 Å². The molecular weight excluding hydrogens is 354 g/mol. The summed E-state index contributed by atoms with van der Waals surface area (Å²) in [5.41, 5.74) is 2.15. The molecule has 1 heterocycles. The van der Waals surface area contributed by atoms with E-state index < -0.39 is 0 Å². The molecule has 0 saturated carbocycles. The average molecular weight is 372 g/mol. The fourth-order valence-corrected chi connectivity index (χ4v) is 2.57. The highest BCUT2D eigenvalue weighted by atomic mass is 35.5. The molecule has 0 aliphatic rings. The van der Waals surface area contributed by atoms with Crippen LogP contribution in [0.2, 0.25) is 5.02 Å². The molecule has 0 spiro atoms. The van der Waals surface area contributed by atoms with Gasteiger partial charge in [0.25, 0.3) is 5.91 Å². The highest BCUT2D eigenvalue weighted by molar-refractivity contribution is 6.31. The topological polar surface area (TPSA) is 73.1 Å². The minimum Gasteiger partial charge on any atom is -0.492 e. The lowest BCUT2D eigenvalue weighted by atomic mass is 10.1. The van der Waals surface area contributed by atoms with Crippen molar-refractivity contribution in [3.05, 3.63) is 64.9 Å². The van der Waals surface area contributed by atoms with Gasteiger partial charge in [-0.3, -0.25) is 4.79 Å². The molecule has 26 heavy (non-hydrogen) atoms. The monoisotopic (exact) mass is 371 g/mol. The van der Waals surface area contributed by atoms with Crippen LogP contribution >= 0.6 is 11.6 Å². The van der Waals surface area contributed by atoms with Crippen molar-refractivity contribution in [3.8, 4) is 11.4 Å². The van der Waals surface area contributed by atoms with E-state index in [2.05, 4.69) is 15.5 Å². The number of hydrogen-bond acceptors (Lipinski definition) is 5. The van der Waals surface area contributed by atoms with E-state index in [0.29, 0.717) is 29.4 Å². The predicted molar refractivity (Wildman–Crippen MR) is 97.8 cm³/mol. The van der Waals surface area contributed by atoms with Gasteiger partial charge in [-0.05, 0) is 47.7 Å². The van der Waals surface area contributed by atoms with Crippen LogP contribution in [-0.2, 0) is 0 Å². The lowest BCUT2D eigenvalue weighted by Crippen LogP contribution is -2.31. The Hall–Kier alpha value is -2.93. The van der Waals surface area contributed by atoms with Crippen molar-refractivity contribution in [3.63, 3.8) is 0 Å². The van der Waals surface area contributed by atoms with Gasteiger partial charge < -0.3 is 9.64 Å². The molecule has 0 atom stereocenters. The van der Waals surface area contributed by atoms with Gasteiger partial charge in [0.2, 0.25) is 0 Å².